The van der Waals surface area contributed by atoms with Crippen LogP contribution in [0, 0.1) is 11.7 Å². The fourth-order valence-corrected chi connectivity index (χ4v) is 3.23. The average Bonchev–Trinajstić information content (AvgIpc) is 3.10. The lowest BCUT2D eigenvalue weighted by atomic mass is 10.1. The molecular formula is C20H22ClFN2O2. The van der Waals surface area contributed by atoms with Crippen LogP contribution in [0.2, 0.25) is 5.02 Å². The van der Waals surface area contributed by atoms with E-state index in [9.17, 15) is 9.18 Å². The second-order valence-electron chi connectivity index (χ2n) is 6.44. The highest BCUT2D eigenvalue weighted by molar-refractivity contribution is 6.30. The lowest BCUT2D eigenvalue weighted by Crippen LogP contribution is -2.31. The lowest BCUT2D eigenvalue weighted by Gasteiger charge is -2.18. The van der Waals surface area contributed by atoms with Crippen LogP contribution in [0.5, 0.6) is 5.75 Å². The molecule has 4 nitrogen and oxygen atoms in total. The van der Waals surface area contributed by atoms with Crippen molar-refractivity contribution in [1.82, 2.24) is 5.32 Å². The summed E-state index contributed by atoms with van der Waals surface area (Å²) in [4.78, 5) is 14.2. The number of carbonyl (C=O) groups excluding carboxylic acids is 1. The molecule has 2 aromatic rings. The summed E-state index contributed by atoms with van der Waals surface area (Å²) in [6.45, 7) is 2.75. The van der Waals surface area contributed by atoms with Crippen molar-refractivity contribution in [3.63, 3.8) is 0 Å². The van der Waals surface area contributed by atoms with E-state index >= 15 is 0 Å². The SMILES string of the molecule is O=C(CCOc1cccc(Cl)c1)NCC1CCN(c2ccc(F)cc2)C1. The van der Waals surface area contributed by atoms with Crippen molar-refractivity contribution in [3.8, 4) is 5.75 Å². The van der Waals surface area contributed by atoms with Gasteiger partial charge >= 0.3 is 0 Å². The molecule has 138 valence electrons. The third kappa shape index (κ3) is 5.36. The van der Waals surface area contributed by atoms with E-state index in [1.165, 1.54) is 12.1 Å². The van der Waals surface area contributed by atoms with Crippen molar-refractivity contribution in [1.29, 1.82) is 0 Å². The van der Waals surface area contributed by atoms with Crippen LogP contribution in [0.3, 0.4) is 0 Å². The van der Waals surface area contributed by atoms with Gasteiger partial charge in [-0.1, -0.05) is 17.7 Å². The van der Waals surface area contributed by atoms with Crippen LogP contribution in [0.15, 0.2) is 48.5 Å². The molecular weight excluding hydrogens is 355 g/mol. The van der Waals surface area contributed by atoms with Crippen molar-refractivity contribution >= 4 is 23.2 Å². The zero-order chi connectivity index (χ0) is 18.4. The first-order valence-electron chi connectivity index (χ1n) is 8.76. The normalized spacial score (nSPS) is 16.5. The molecule has 0 radical (unpaired) electrons. The van der Waals surface area contributed by atoms with Gasteiger partial charge in [0.1, 0.15) is 11.6 Å². The van der Waals surface area contributed by atoms with Crippen LogP contribution >= 0.6 is 11.6 Å². The fraction of sp³-hybridized carbons (Fsp3) is 0.350. The Kier molecular flexibility index (Phi) is 6.34. The van der Waals surface area contributed by atoms with Gasteiger partial charge in [0.15, 0.2) is 0 Å². The Labute approximate surface area is 157 Å². The van der Waals surface area contributed by atoms with Crippen LogP contribution in [0.1, 0.15) is 12.8 Å². The maximum Gasteiger partial charge on any atom is 0.223 e. The quantitative estimate of drug-likeness (QED) is 0.797. The summed E-state index contributed by atoms with van der Waals surface area (Å²) in [5.41, 5.74) is 1.02. The van der Waals surface area contributed by atoms with Gasteiger partial charge in [0.25, 0.3) is 0 Å². The summed E-state index contributed by atoms with van der Waals surface area (Å²) in [7, 11) is 0. The number of ether oxygens (including phenoxy) is 1. The Balaban J connectivity index is 1.35. The molecule has 1 N–H and O–H groups in total. The van der Waals surface area contributed by atoms with E-state index in [-0.39, 0.29) is 11.7 Å². The third-order valence-corrected chi connectivity index (χ3v) is 4.69. The Morgan fingerprint density at radius 2 is 2.08 bits per heavy atom. The number of rotatable bonds is 7. The first kappa shape index (κ1) is 18.5. The minimum absolute atomic E-state index is 0.0211. The summed E-state index contributed by atoms with van der Waals surface area (Å²) >= 11 is 5.89. The molecule has 1 atom stereocenters. The number of hydrogen-bond donors (Lipinski definition) is 1. The summed E-state index contributed by atoms with van der Waals surface area (Å²) in [5, 5.41) is 3.58. The fourth-order valence-electron chi connectivity index (χ4n) is 3.05. The second-order valence-corrected chi connectivity index (χ2v) is 6.87. The number of amides is 1. The molecule has 26 heavy (non-hydrogen) atoms. The summed E-state index contributed by atoms with van der Waals surface area (Å²) < 4.78 is 18.5. The number of anilines is 1. The van der Waals surface area contributed by atoms with E-state index in [2.05, 4.69) is 10.2 Å². The Morgan fingerprint density at radius 3 is 2.85 bits per heavy atom. The van der Waals surface area contributed by atoms with E-state index in [0.717, 1.165) is 25.2 Å². The maximum absolute atomic E-state index is 13.0. The topological polar surface area (TPSA) is 41.6 Å². The van der Waals surface area contributed by atoms with E-state index in [4.69, 9.17) is 16.3 Å². The van der Waals surface area contributed by atoms with Crippen molar-refractivity contribution in [3.05, 3.63) is 59.4 Å². The van der Waals surface area contributed by atoms with Gasteiger partial charge in [-0.3, -0.25) is 4.79 Å². The zero-order valence-corrected chi connectivity index (χ0v) is 15.2. The first-order chi connectivity index (χ1) is 12.6. The van der Waals surface area contributed by atoms with Crippen LogP contribution < -0.4 is 15.0 Å². The van der Waals surface area contributed by atoms with Gasteiger partial charge in [-0.25, -0.2) is 4.39 Å². The molecule has 0 spiro atoms. The van der Waals surface area contributed by atoms with Crippen LogP contribution in [-0.4, -0.2) is 32.1 Å². The molecule has 1 aliphatic rings. The van der Waals surface area contributed by atoms with E-state index in [1.807, 2.05) is 12.1 Å². The van der Waals surface area contributed by atoms with Crippen LogP contribution in [-0.2, 0) is 4.79 Å². The number of benzene rings is 2. The van der Waals surface area contributed by atoms with Gasteiger partial charge < -0.3 is 15.0 Å². The van der Waals surface area contributed by atoms with Gasteiger partial charge in [-0.15, -0.1) is 0 Å². The predicted molar refractivity (Wildman–Crippen MR) is 101 cm³/mol. The molecule has 1 unspecified atom stereocenters. The van der Waals surface area contributed by atoms with Gasteiger partial charge in [0, 0.05) is 30.3 Å². The van der Waals surface area contributed by atoms with Crippen molar-refractivity contribution in [2.75, 3.05) is 31.1 Å². The molecule has 1 fully saturated rings. The van der Waals surface area contributed by atoms with E-state index < -0.39 is 0 Å². The van der Waals surface area contributed by atoms with E-state index in [0.29, 0.717) is 36.3 Å². The maximum atomic E-state index is 13.0. The number of halogens is 2. The minimum Gasteiger partial charge on any atom is -0.493 e. The largest absolute Gasteiger partial charge is 0.493 e. The number of nitrogens with one attached hydrogen (secondary N) is 1. The summed E-state index contributed by atoms with van der Waals surface area (Å²) in [6.07, 6.45) is 1.32. The van der Waals surface area contributed by atoms with Crippen molar-refractivity contribution in [2.45, 2.75) is 12.8 Å². The monoisotopic (exact) mass is 376 g/mol. The van der Waals surface area contributed by atoms with Crippen LogP contribution in [0.25, 0.3) is 0 Å². The van der Waals surface area contributed by atoms with Crippen LogP contribution in [0.4, 0.5) is 10.1 Å². The molecule has 1 heterocycles. The number of carbonyl (C=O) groups is 1. The highest BCUT2D eigenvalue weighted by Gasteiger charge is 2.23. The lowest BCUT2D eigenvalue weighted by molar-refractivity contribution is -0.121. The van der Waals surface area contributed by atoms with Gasteiger partial charge in [0.2, 0.25) is 5.91 Å². The van der Waals surface area contributed by atoms with E-state index in [1.54, 1.807) is 24.3 Å². The molecule has 0 saturated carbocycles. The van der Waals surface area contributed by atoms with Gasteiger partial charge in [-0.05, 0) is 54.8 Å². The Bertz CT molecular complexity index is 739. The van der Waals surface area contributed by atoms with Gasteiger partial charge in [-0.2, -0.15) is 0 Å². The Morgan fingerprint density at radius 1 is 1.27 bits per heavy atom. The first-order valence-corrected chi connectivity index (χ1v) is 9.13. The highest BCUT2D eigenvalue weighted by Crippen LogP contribution is 2.23. The molecule has 0 aliphatic carbocycles. The summed E-state index contributed by atoms with van der Waals surface area (Å²) in [5.74, 6) is 0.817. The molecule has 1 amide bonds. The zero-order valence-electron chi connectivity index (χ0n) is 14.5. The third-order valence-electron chi connectivity index (χ3n) is 4.46. The predicted octanol–water partition coefficient (Wildman–Crippen LogP) is 3.89. The molecule has 6 heteroatoms. The molecule has 3 rings (SSSR count). The Hall–Kier alpha value is -2.27. The molecule has 2 aromatic carbocycles. The minimum atomic E-state index is -0.225. The smallest absolute Gasteiger partial charge is 0.223 e. The standard InChI is InChI=1S/C20H22ClFN2O2/c21-16-2-1-3-19(12-16)26-11-9-20(25)23-13-15-8-10-24(14-15)18-6-4-17(22)5-7-18/h1-7,12,15H,8-11,13-14H2,(H,23,25). The molecule has 1 aliphatic heterocycles. The molecule has 0 bridgehead atoms. The van der Waals surface area contributed by atoms with Gasteiger partial charge in [0.05, 0.1) is 13.0 Å². The van der Waals surface area contributed by atoms with Crippen molar-refractivity contribution < 1.29 is 13.9 Å². The second kappa shape index (κ2) is 8.90. The molecule has 1 saturated heterocycles. The average molecular weight is 377 g/mol. The molecule has 0 aromatic heterocycles. The van der Waals surface area contributed by atoms with Crippen molar-refractivity contribution in [2.24, 2.45) is 5.92 Å². The summed E-state index contributed by atoms with van der Waals surface area (Å²) in [6, 6.07) is 13.7. The number of nitrogens with zero attached hydrogens (tertiary/aromatic N) is 1. The number of hydrogen-bond acceptors (Lipinski definition) is 3. The highest BCUT2D eigenvalue weighted by atomic mass is 35.5.